The van der Waals surface area contributed by atoms with E-state index in [2.05, 4.69) is 0 Å². The Morgan fingerprint density at radius 3 is 2.21 bits per heavy atom. The number of nitrogens with zero attached hydrogens (tertiary/aromatic N) is 1. The number of carbonyl (C=O) groups is 2. The molecule has 1 amide bonds. The summed E-state index contributed by atoms with van der Waals surface area (Å²) in [7, 11) is 3.12. The van der Waals surface area contributed by atoms with E-state index >= 15 is 0 Å². The van der Waals surface area contributed by atoms with Crippen LogP contribution in [-0.2, 0) is 14.3 Å². The molecule has 1 atom stereocenters. The second-order valence-electron chi connectivity index (χ2n) is 5.59. The van der Waals surface area contributed by atoms with Crippen molar-refractivity contribution in [3.8, 4) is 11.5 Å². The Labute approximate surface area is 142 Å². The number of hydrogen-bond acceptors (Lipinski definition) is 5. The van der Waals surface area contributed by atoms with Crippen LogP contribution in [0.1, 0.15) is 25.3 Å². The molecule has 0 bridgehead atoms. The van der Waals surface area contributed by atoms with Gasteiger partial charge in [-0.25, -0.2) is 4.79 Å². The zero-order valence-corrected chi connectivity index (χ0v) is 14.3. The number of methoxy groups -OCH3 is 2. The van der Waals surface area contributed by atoms with E-state index < -0.39 is 12.1 Å². The van der Waals surface area contributed by atoms with Crippen LogP contribution in [0.3, 0.4) is 0 Å². The Bertz CT molecular complexity index is 598. The molecule has 0 aliphatic carbocycles. The number of esters is 1. The number of likely N-dealkylation sites (tertiary alicyclic amines) is 1. The molecule has 1 aromatic carbocycles. The maximum absolute atomic E-state index is 12.1. The van der Waals surface area contributed by atoms with Crippen molar-refractivity contribution in [3.05, 3.63) is 29.8 Å². The van der Waals surface area contributed by atoms with Gasteiger partial charge in [0.2, 0.25) is 0 Å². The Hall–Kier alpha value is -2.50. The van der Waals surface area contributed by atoms with E-state index in [1.807, 2.05) is 0 Å². The molecule has 0 saturated carbocycles. The van der Waals surface area contributed by atoms with Crippen molar-refractivity contribution < 1.29 is 23.8 Å². The highest BCUT2D eigenvalue weighted by molar-refractivity contribution is 5.90. The van der Waals surface area contributed by atoms with Crippen LogP contribution in [0.2, 0.25) is 0 Å². The summed E-state index contributed by atoms with van der Waals surface area (Å²) in [6.07, 6.45) is 4.12. The third-order valence-corrected chi connectivity index (χ3v) is 3.84. The summed E-state index contributed by atoms with van der Waals surface area (Å²) >= 11 is 0. The molecule has 1 fully saturated rings. The van der Waals surface area contributed by atoms with E-state index in [4.69, 9.17) is 14.2 Å². The van der Waals surface area contributed by atoms with Crippen LogP contribution >= 0.6 is 0 Å². The van der Waals surface area contributed by atoms with Crippen LogP contribution in [0.4, 0.5) is 0 Å². The highest BCUT2D eigenvalue weighted by Gasteiger charge is 2.25. The van der Waals surface area contributed by atoms with Crippen molar-refractivity contribution in [2.75, 3.05) is 27.3 Å². The summed E-state index contributed by atoms with van der Waals surface area (Å²) in [5.74, 6) is 0.550. The SMILES string of the molecule is COc1cc(/C=C/C(=O)O[C@@H](C)C(=O)N2CCCC2)cc(OC)c1. The molecule has 1 saturated heterocycles. The number of amides is 1. The molecular formula is C18H23NO5. The van der Waals surface area contributed by atoms with Gasteiger partial charge in [-0.15, -0.1) is 0 Å². The predicted molar refractivity (Wildman–Crippen MR) is 89.9 cm³/mol. The molecule has 2 rings (SSSR count). The van der Waals surface area contributed by atoms with E-state index in [0.717, 1.165) is 31.5 Å². The lowest BCUT2D eigenvalue weighted by Crippen LogP contribution is -2.37. The normalized spacial score (nSPS) is 15.4. The zero-order chi connectivity index (χ0) is 17.5. The van der Waals surface area contributed by atoms with E-state index in [1.54, 1.807) is 50.3 Å². The fraction of sp³-hybridized carbons (Fsp3) is 0.444. The van der Waals surface area contributed by atoms with Crippen LogP contribution in [0.15, 0.2) is 24.3 Å². The standard InChI is InChI=1S/C18H23NO5/c1-13(18(21)19-8-4-5-9-19)24-17(20)7-6-14-10-15(22-2)12-16(11-14)23-3/h6-7,10-13H,4-5,8-9H2,1-3H3/b7-6+/t13-/m0/s1. The van der Waals surface area contributed by atoms with Gasteiger partial charge >= 0.3 is 5.97 Å². The van der Waals surface area contributed by atoms with E-state index in [-0.39, 0.29) is 5.91 Å². The van der Waals surface area contributed by atoms with E-state index in [9.17, 15) is 9.59 Å². The Morgan fingerprint density at radius 2 is 1.67 bits per heavy atom. The smallest absolute Gasteiger partial charge is 0.331 e. The summed E-state index contributed by atoms with van der Waals surface area (Å²) in [5, 5.41) is 0. The molecule has 0 radical (unpaired) electrons. The van der Waals surface area contributed by atoms with Crippen molar-refractivity contribution >= 4 is 18.0 Å². The molecule has 6 heteroatoms. The highest BCUT2D eigenvalue weighted by atomic mass is 16.5. The molecule has 6 nitrogen and oxygen atoms in total. The minimum atomic E-state index is -0.778. The summed E-state index contributed by atoms with van der Waals surface area (Å²) in [4.78, 5) is 25.8. The van der Waals surface area contributed by atoms with Gasteiger partial charge in [0.05, 0.1) is 14.2 Å². The van der Waals surface area contributed by atoms with Crippen LogP contribution in [0.5, 0.6) is 11.5 Å². The lowest BCUT2D eigenvalue weighted by atomic mass is 10.2. The molecule has 0 aromatic heterocycles. The lowest BCUT2D eigenvalue weighted by Gasteiger charge is -2.19. The van der Waals surface area contributed by atoms with E-state index in [0.29, 0.717) is 11.5 Å². The fourth-order valence-electron chi connectivity index (χ4n) is 2.55. The highest BCUT2D eigenvalue weighted by Crippen LogP contribution is 2.23. The van der Waals surface area contributed by atoms with Gasteiger partial charge in [0.1, 0.15) is 11.5 Å². The number of ether oxygens (including phenoxy) is 3. The van der Waals surface area contributed by atoms with Crippen LogP contribution in [-0.4, -0.2) is 50.2 Å². The minimum absolute atomic E-state index is 0.141. The maximum Gasteiger partial charge on any atom is 0.331 e. The summed E-state index contributed by atoms with van der Waals surface area (Å²) in [6.45, 7) is 3.07. The third kappa shape index (κ3) is 4.75. The monoisotopic (exact) mass is 333 g/mol. The Balaban J connectivity index is 1.96. The zero-order valence-electron chi connectivity index (χ0n) is 14.3. The quantitative estimate of drug-likeness (QED) is 0.590. The van der Waals surface area contributed by atoms with Gasteiger partial charge in [-0.2, -0.15) is 0 Å². The second-order valence-corrected chi connectivity index (χ2v) is 5.59. The van der Waals surface area contributed by atoms with Crippen molar-refractivity contribution in [2.45, 2.75) is 25.9 Å². The first-order chi connectivity index (χ1) is 11.5. The molecule has 0 N–H and O–H groups in total. The lowest BCUT2D eigenvalue weighted by molar-refractivity contribution is -0.154. The maximum atomic E-state index is 12.1. The molecule has 1 heterocycles. The number of rotatable bonds is 6. The average molecular weight is 333 g/mol. The first-order valence-corrected chi connectivity index (χ1v) is 7.94. The predicted octanol–water partition coefficient (Wildman–Crippen LogP) is 2.27. The van der Waals surface area contributed by atoms with Gasteiger partial charge in [0.15, 0.2) is 6.10 Å². The first-order valence-electron chi connectivity index (χ1n) is 7.94. The van der Waals surface area contributed by atoms with Gasteiger partial charge < -0.3 is 19.1 Å². The van der Waals surface area contributed by atoms with Crippen LogP contribution in [0.25, 0.3) is 6.08 Å². The van der Waals surface area contributed by atoms with Crippen molar-refractivity contribution in [1.82, 2.24) is 4.90 Å². The van der Waals surface area contributed by atoms with Crippen molar-refractivity contribution in [1.29, 1.82) is 0 Å². The van der Waals surface area contributed by atoms with Crippen LogP contribution < -0.4 is 9.47 Å². The molecule has 1 aliphatic rings. The molecule has 0 spiro atoms. The largest absolute Gasteiger partial charge is 0.497 e. The molecule has 0 unspecified atom stereocenters. The van der Waals surface area contributed by atoms with Gasteiger partial charge in [0, 0.05) is 25.2 Å². The minimum Gasteiger partial charge on any atom is -0.497 e. The van der Waals surface area contributed by atoms with Gasteiger partial charge in [-0.05, 0) is 43.5 Å². The first kappa shape index (κ1) is 17.8. The molecule has 130 valence electrons. The van der Waals surface area contributed by atoms with Crippen molar-refractivity contribution in [2.24, 2.45) is 0 Å². The summed E-state index contributed by atoms with van der Waals surface area (Å²) < 4.78 is 15.5. The second kappa shape index (κ2) is 8.38. The third-order valence-electron chi connectivity index (χ3n) is 3.84. The fourth-order valence-corrected chi connectivity index (χ4v) is 2.55. The average Bonchev–Trinajstić information content (AvgIpc) is 3.13. The van der Waals surface area contributed by atoms with Gasteiger partial charge in [0.25, 0.3) is 5.91 Å². The number of carbonyl (C=O) groups excluding carboxylic acids is 2. The van der Waals surface area contributed by atoms with Crippen molar-refractivity contribution in [3.63, 3.8) is 0 Å². The number of hydrogen-bond donors (Lipinski definition) is 0. The molecule has 24 heavy (non-hydrogen) atoms. The molecule has 1 aliphatic heterocycles. The molecular weight excluding hydrogens is 310 g/mol. The summed E-state index contributed by atoms with van der Waals surface area (Å²) in [5.41, 5.74) is 0.738. The Kier molecular flexibility index (Phi) is 6.23. The Morgan fingerprint density at radius 1 is 1.08 bits per heavy atom. The van der Waals surface area contributed by atoms with Crippen LogP contribution in [0, 0.1) is 0 Å². The van der Waals surface area contributed by atoms with Gasteiger partial charge in [-0.1, -0.05) is 0 Å². The topological polar surface area (TPSA) is 65.1 Å². The number of benzene rings is 1. The van der Waals surface area contributed by atoms with E-state index in [1.165, 1.54) is 6.08 Å². The molecule has 1 aromatic rings. The van der Waals surface area contributed by atoms with Gasteiger partial charge in [-0.3, -0.25) is 4.79 Å². The summed E-state index contributed by atoms with van der Waals surface area (Å²) in [6, 6.07) is 5.28.